The average Bonchev–Trinajstić information content (AvgIpc) is 2.14. The molecule has 1 heterocycles. The van der Waals surface area contributed by atoms with Crippen LogP contribution in [0.4, 0.5) is 0 Å². The Morgan fingerprint density at radius 3 is 2.64 bits per heavy atom. The third-order valence-corrected chi connectivity index (χ3v) is 2.63. The van der Waals surface area contributed by atoms with Crippen molar-refractivity contribution in [3.63, 3.8) is 0 Å². The van der Waals surface area contributed by atoms with Crippen LogP contribution in [-0.4, -0.2) is 53.8 Å². The molecule has 1 rings (SSSR count). The van der Waals surface area contributed by atoms with Crippen LogP contribution in [-0.2, 0) is 9.59 Å². The Balaban J connectivity index is 2.84. The first-order chi connectivity index (χ1) is 6.49. The molecule has 0 radical (unpaired) electrons. The van der Waals surface area contributed by atoms with Crippen LogP contribution < -0.4 is 5.73 Å². The molecule has 2 amide bonds. The SMILES string of the molecule is CC(CN)N1C(=O)CN(C)C(=O)C1C. The van der Waals surface area contributed by atoms with E-state index in [0.717, 1.165) is 0 Å². The van der Waals surface area contributed by atoms with Gasteiger partial charge in [0.05, 0.1) is 6.54 Å². The van der Waals surface area contributed by atoms with Gasteiger partial charge < -0.3 is 15.5 Å². The molecule has 2 atom stereocenters. The van der Waals surface area contributed by atoms with E-state index in [2.05, 4.69) is 0 Å². The third kappa shape index (κ3) is 1.72. The number of carbonyl (C=O) groups excluding carboxylic acids is 2. The summed E-state index contributed by atoms with van der Waals surface area (Å²) in [4.78, 5) is 26.3. The molecule has 0 spiro atoms. The lowest BCUT2D eigenvalue weighted by Crippen LogP contribution is -2.61. The molecule has 2 unspecified atom stereocenters. The molecule has 0 bridgehead atoms. The van der Waals surface area contributed by atoms with Crippen molar-refractivity contribution >= 4 is 11.8 Å². The molecule has 0 aromatic carbocycles. The molecule has 0 aromatic heterocycles. The second-order valence-corrected chi connectivity index (χ2v) is 3.76. The largest absolute Gasteiger partial charge is 0.335 e. The lowest BCUT2D eigenvalue weighted by Gasteiger charge is -2.40. The van der Waals surface area contributed by atoms with E-state index >= 15 is 0 Å². The zero-order valence-corrected chi connectivity index (χ0v) is 8.86. The van der Waals surface area contributed by atoms with Gasteiger partial charge in [0.1, 0.15) is 6.04 Å². The topological polar surface area (TPSA) is 66.6 Å². The first-order valence-electron chi connectivity index (χ1n) is 4.75. The maximum atomic E-state index is 11.6. The first-order valence-corrected chi connectivity index (χ1v) is 4.75. The van der Waals surface area contributed by atoms with Crippen LogP contribution in [0.3, 0.4) is 0 Å². The predicted octanol–water partition coefficient (Wildman–Crippen LogP) is -0.977. The third-order valence-electron chi connectivity index (χ3n) is 2.63. The monoisotopic (exact) mass is 199 g/mol. The standard InChI is InChI=1S/C9H17N3O2/c1-6(4-10)12-7(2)9(14)11(3)5-8(12)13/h6-7H,4-5,10H2,1-3H3. The molecule has 5 heteroatoms. The molecule has 0 aliphatic carbocycles. The number of hydrogen-bond donors (Lipinski definition) is 1. The Morgan fingerprint density at radius 2 is 2.14 bits per heavy atom. The molecule has 1 saturated heterocycles. The van der Waals surface area contributed by atoms with Gasteiger partial charge in [-0.15, -0.1) is 0 Å². The fraction of sp³-hybridized carbons (Fsp3) is 0.778. The van der Waals surface area contributed by atoms with Crippen molar-refractivity contribution in [3.05, 3.63) is 0 Å². The van der Waals surface area contributed by atoms with Gasteiger partial charge in [-0.25, -0.2) is 0 Å². The van der Waals surface area contributed by atoms with Crippen LogP contribution in [0.5, 0.6) is 0 Å². The summed E-state index contributed by atoms with van der Waals surface area (Å²) in [5, 5.41) is 0. The minimum atomic E-state index is -0.389. The number of piperazine rings is 1. The Hall–Kier alpha value is -1.10. The zero-order chi connectivity index (χ0) is 10.9. The van der Waals surface area contributed by atoms with Crippen molar-refractivity contribution in [2.45, 2.75) is 25.9 Å². The summed E-state index contributed by atoms with van der Waals surface area (Å²) < 4.78 is 0. The van der Waals surface area contributed by atoms with Crippen molar-refractivity contribution in [2.24, 2.45) is 5.73 Å². The molecule has 0 aromatic rings. The fourth-order valence-electron chi connectivity index (χ4n) is 1.76. The summed E-state index contributed by atoms with van der Waals surface area (Å²) in [7, 11) is 1.64. The number of carbonyl (C=O) groups is 2. The van der Waals surface area contributed by atoms with Gasteiger partial charge in [0.25, 0.3) is 0 Å². The van der Waals surface area contributed by atoms with Gasteiger partial charge in [-0.1, -0.05) is 0 Å². The van der Waals surface area contributed by atoms with E-state index in [1.54, 1.807) is 18.9 Å². The number of rotatable bonds is 2. The van der Waals surface area contributed by atoms with Crippen molar-refractivity contribution < 1.29 is 9.59 Å². The van der Waals surface area contributed by atoms with E-state index in [-0.39, 0.29) is 30.4 Å². The van der Waals surface area contributed by atoms with E-state index in [1.165, 1.54) is 4.90 Å². The minimum absolute atomic E-state index is 0.0232. The molecule has 5 nitrogen and oxygen atoms in total. The number of hydrogen-bond acceptors (Lipinski definition) is 3. The number of nitrogens with zero attached hydrogens (tertiary/aromatic N) is 2. The second-order valence-electron chi connectivity index (χ2n) is 3.76. The highest BCUT2D eigenvalue weighted by molar-refractivity contribution is 5.94. The number of likely N-dealkylation sites (N-methyl/N-ethyl adjacent to an activating group) is 1. The average molecular weight is 199 g/mol. The van der Waals surface area contributed by atoms with Gasteiger partial charge in [-0.3, -0.25) is 9.59 Å². The Kier molecular flexibility index (Phi) is 3.10. The highest BCUT2D eigenvalue weighted by Gasteiger charge is 2.36. The lowest BCUT2D eigenvalue weighted by molar-refractivity contribution is -0.155. The molecule has 1 aliphatic heterocycles. The molecular formula is C9H17N3O2. The highest BCUT2D eigenvalue weighted by Crippen LogP contribution is 2.13. The van der Waals surface area contributed by atoms with Gasteiger partial charge in [-0.05, 0) is 13.8 Å². The number of nitrogens with two attached hydrogens (primary N) is 1. The molecule has 0 saturated carbocycles. The first kappa shape index (κ1) is 11.0. The van der Waals surface area contributed by atoms with E-state index in [1.807, 2.05) is 6.92 Å². The molecule has 14 heavy (non-hydrogen) atoms. The molecule has 1 aliphatic rings. The zero-order valence-electron chi connectivity index (χ0n) is 8.86. The molecule has 2 N–H and O–H groups in total. The summed E-state index contributed by atoms with van der Waals surface area (Å²) >= 11 is 0. The summed E-state index contributed by atoms with van der Waals surface area (Å²) in [5.74, 6) is -0.0533. The van der Waals surface area contributed by atoms with Crippen molar-refractivity contribution in [1.82, 2.24) is 9.80 Å². The van der Waals surface area contributed by atoms with Crippen LogP contribution in [0.15, 0.2) is 0 Å². The van der Waals surface area contributed by atoms with E-state index in [4.69, 9.17) is 5.73 Å². The van der Waals surface area contributed by atoms with Gasteiger partial charge in [0.2, 0.25) is 11.8 Å². The summed E-state index contributed by atoms with van der Waals surface area (Å²) in [6.07, 6.45) is 0. The van der Waals surface area contributed by atoms with E-state index in [9.17, 15) is 9.59 Å². The van der Waals surface area contributed by atoms with Gasteiger partial charge in [0.15, 0.2) is 0 Å². The van der Waals surface area contributed by atoms with Crippen molar-refractivity contribution in [1.29, 1.82) is 0 Å². The van der Waals surface area contributed by atoms with Crippen LogP contribution >= 0.6 is 0 Å². The van der Waals surface area contributed by atoms with Crippen LogP contribution in [0.25, 0.3) is 0 Å². The van der Waals surface area contributed by atoms with Crippen LogP contribution in [0.1, 0.15) is 13.8 Å². The van der Waals surface area contributed by atoms with Crippen molar-refractivity contribution in [3.8, 4) is 0 Å². The Bertz CT molecular complexity index is 254. The smallest absolute Gasteiger partial charge is 0.245 e. The predicted molar refractivity (Wildman–Crippen MR) is 52.5 cm³/mol. The second kappa shape index (κ2) is 3.96. The van der Waals surface area contributed by atoms with Crippen LogP contribution in [0.2, 0.25) is 0 Å². The summed E-state index contributed by atoms with van der Waals surface area (Å²) in [6.45, 7) is 4.13. The van der Waals surface area contributed by atoms with Crippen molar-refractivity contribution in [2.75, 3.05) is 20.1 Å². The Labute approximate surface area is 83.8 Å². The quantitative estimate of drug-likeness (QED) is 0.622. The minimum Gasteiger partial charge on any atom is -0.335 e. The van der Waals surface area contributed by atoms with E-state index < -0.39 is 0 Å². The number of amides is 2. The van der Waals surface area contributed by atoms with E-state index in [0.29, 0.717) is 6.54 Å². The maximum Gasteiger partial charge on any atom is 0.245 e. The lowest BCUT2D eigenvalue weighted by atomic mass is 10.1. The van der Waals surface area contributed by atoms with Gasteiger partial charge >= 0.3 is 0 Å². The normalized spacial score (nSPS) is 25.6. The molecule has 1 fully saturated rings. The van der Waals surface area contributed by atoms with Gasteiger partial charge in [-0.2, -0.15) is 0 Å². The highest BCUT2D eigenvalue weighted by atomic mass is 16.2. The Morgan fingerprint density at radius 1 is 1.57 bits per heavy atom. The fourth-order valence-corrected chi connectivity index (χ4v) is 1.76. The molecular weight excluding hydrogens is 182 g/mol. The summed E-state index contributed by atoms with van der Waals surface area (Å²) in [6, 6.07) is -0.463. The van der Waals surface area contributed by atoms with Crippen LogP contribution in [0, 0.1) is 0 Å². The van der Waals surface area contributed by atoms with Gasteiger partial charge in [0, 0.05) is 19.6 Å². The maximum absolute atomic E-state index is 11.6. The molecule has 80 valence electrons. The summed E-state index contributed by atoms with van der Waals surface area (Å²) in [5.41, 5.74) is 5.49.